The van der Waals surface area contributed by atoms with E-state index in [0.29, 0.717) is 54.5 Å². The van der Waals surface area contributed by atoms with E-state index in [4.69, 9.17) is 33.7 Å². The molecule has 0 atom stereocenters. The average Bonchev–Trinajstić information content (AvgIpc) is 4.50. The number of hydrogen-bond acceptors (Lipinski definition) is 14. The zero-order valence-corrected chi connectivity index (χ0v) is 42.6. The molecule has 3 aromatic heterocycles. The van der Waals surface area contributed by atoms with Crippen LogP contribution in [-0.4, -0.2) is 117 Å². The number of H-pyrrole nitrogens is 2. The normalized spacial score (nSPS) is 11.7. The first-order chi connectivity index (χ1) is 38.5. The molecule has 0 unspecified atom stereocenters. The van der Waals surface area contributed by atoms with Crippen LogP contribution in [0.2, 0.25) is 0 Å². The van der Waals surface area contributed by atoms with Crippen molar-refractivity contribution in [1.82, 2.24) is 25.3 Å². The minimum atomic E-state index is -0.592. The number of phenolic OH excluding ortho intramolecular Hbond substituents is 5. The molecule has 0 aliphatic carbocycles. The molecule has 5 heterocycles. The van der Waals surface area contributed by atoms with Gasteiger partial charge in [-0.1, -0.05) is 54.6 Å². The molecular formula is C62H55N5O12. The molecule has 0 fully saturated rings. The second kappa shape index (κ2) is 24.5. The van der Waals surface area contributed by atoms with Gasteiger partial charge in [0.2, 0.25) is 0 Å². The Morgan fingerprint density at radius 3 is 1.18 bits per heavy atom. The lowest BCUT2D eigenvalue weighted by Gasteiger charge is -2.09. The summed E-state index contributed by atoms with van der Waals surface area (Å²) < 4.78 is 27.3. The summed E-state index contributed by atoms with van der Waals surface area (Å²) in [4.78, 5) is 43.1. The molecule has 0 saturated heterocycles. The topological polar surface area (TPSA) is 251 Å². The van der Waals surface area contributed by atoms with Crippen molar-refractivity contribution >= 4 is 58.4 Å². The Morgan fingerprint density at radius 2 is 0.785 bits per heavy atom. The van der Waals surface area contributed by atoms with E-state index < -0.39 is 12.1 Å². The third-order valence-electron chi connectivity index (χ3n) is 13.0. The van der Waals surface area contributed by atoms with E-state index in [1.54, 1.807) is 54.6 Å². The van der Waals surface area contributed by atoms with Crippen molar-refractivity contribution in [3.8, 4) is 73.3 Å². The standard InChI is InChI=1S/C62H55N5O12/c68-44-12-6-40(7-13-44)58-49-20-18-47(64-49)57(39-2-4-43(5-3-39)61(73)78-35-33-76-31-29-75-30-32-77-34-36-79-62(74)63-28-27-38-1-26-55(71)56(72)37-38)48-19-21-50(65-48)59(41-8-14-45(69)15-9-41)52-23-25-54(67-52)60(53-24-22-51(58)66-53)42-10-16-46(70)17-11-42/h1-26,37,64,67-72H,27-36H2,(H,63,74). The number of phenols is 5. The molecule has 17 heteroatoms. The maximum absolute atomic E-state index is 13.3. The highest BCUT2D eigenvalue weighted by atomic mass is 16.6. The summed E-state index contributed by atoms with van der Waals surface area (Å²) >= 11 is 0. The highest BCUT2D eigenvalue weighted by Crippen LogP contribution is 2.39. The number of rotatable bonds is 20. The number of amides is 1. The number of ether oxygens (including phenoxy) is 5. The molecule has 5 aromatic carbocycles. The number of carbonyl (C=O) groups excluding carboxylic acids is 2. The monoisotopic (exact) mass is 1060 g/mol. The molecule has 79 heavy (non-hydrogen) atoms. The van der Waals surface area contributed by atoms with Gasteiger partial charge >= 0.3 is 12.1 Å². The lowest BCUT2D eigenvalue weighted by Crippen LogP contribution is -2.27. The van der Waals surface area contributed by atoms with Crippen molar-refractivity contribution in [2.75, 3.05) is 59.4 Å². The van der Waals surface area contributed by atoms with Crippen LogP contribution in [-0.2, 0) is 30.1 Å². The van der Waals surface area contributed by atoms with Gasteiger partial charge in [-0.05, 0) is 143 Å². The molecule has 0 spiro atoms. The van der Waals surface area contributed by atoms with Gasteiger partial charge in [0.05, 0.1) is 68.0 Å². The van der Waals surface area contributed by atoms with E-state index in [9.17, 15) is 35.1 Å². The molecule has 2 aliphatic rings. The molecular weight excluding hydrogens is 1010 g/mol. The van der Waals surface area contributed by atoms with E-state index in [-0.39, 0.29) is 68.4 Å². The number of esters is 1. The van der Waals surface area contributed by atoms with Gasteiger partial charge in [-0.2, -0.15) is 0 Å². The van der Waals surface area contributed by atoms with E-state index >= 15 is 0 Å². The van der Waals surface area contributed by atoms with Gasteiger partial charge < -0.3 is 64.5 Å². The van der Waals surface area contributed by atoms with Crippen LogP contribution in [0, 0.1) is 0 Å². The smallest absolute Gasteiger partial charge is 0.407 e. The number of nitrogens with one attached hydrogen (secondary N) is 3. The number of benzene rings is 5. The summed E-state index contributed by atoms with van der Waals surface area (Å²) in [6.45, 7) is 1.88. The van der Waals surface area contributed by atoms with Crippen LogP contribution in [0.5, 0.6) is 28.7 Å². The van der Waals surface area contributed by atoms with Gasteiger partial charge in [-0.3, -0.25) is 0 Å². The number of nitrogens with zero attached hydrogens (tertiary/aromatic N) is 2. The third kappa shape index (κ3) is 12.8. The first-order valence-corrected chi connectivity index (χ1v) is 25.5. The fourth-order valence-corrected chi connectivity index (χ4v) is 9.17. The summed E-state index contributed by atoms with van der Waals surface area (Å²) in [7, 11) is 0. The summed E-state index contributed by atoms with van der Waals surface area (Å²) in [6, 6.07) is 40.5. The fraction of sp³-hybridized carbons (Fsp3) is 0.161. The van der Waals surface area contributed by atoms with Crippen LogP contribution in [0.4, 0.5) is 4.79 Å². The van der Waals surface area contributed by atoms with Crippen LogP contribution in [0.15, 0.2) is 140 Å². The Labute approximate surface area is 453 Å². The van der Waals surface area contributed by atoms with E-state index in [1.807, 2.05) is 97.1 Å². The summed E-state index contributed by atoms with van der Waals surface area (Å²) in [6.07, 6.45) is 7.71. The highest BCUT2D eigenvalue weighted by Gasteiger charge is 2.20. The van der Waals surface area contributed by atoms with Crippen LogP contribution in [0.3, 0.4) is 0 Å². The number of aromatic nitrogens is 4. The first kappa shape index (κ1) is 52.7. The number of aromatic amines is 2. The molecule has 17 nitrogen and oxygen atoms in total. The van der Waals surface area contributed by atoms with Gasteiger partial charge in [0, 0.05) is 50.9 Å². The maximum Gasteiger partial charge on any atom is 0.407 e. The Balaban J connectivity index is 0.832. The Bertz CT molecular complexity index is 3680. The van der Waals surface area contributed by atoms with Gasteiger partial charge in [-0.15, -0.1) is 0 Å². The van der Waals surface area contributed by atoms with Crippen LogP contribution in [0.25, 0.3) is 90.9 Å². The molecule has 400 valence electrons. The number of aromatic hydroxyl groups is 5. The number of carbonyl (C=O) groups is 2. The minimum absolute atomic E-state index is 0.0262. The largest absolute Gasteiger partial charge is 0.508 e. The molecule has 8 bridgehead atoms. The zero-order valence-electron chi connectivity index (χ0n) is 42.6. The molecule has 8 aromatic rings. The summed E-state index contributed by atoms with van der Waals surface area (Å²) in [5.41, 5.74) is 13.1. The van der Waals surface area contributed by atoms with Crippen LogP contribution in [0.1, 0.15) is 38.7 Å². The van der Waals surface area contributed by atoms with Crippen molar-refractivity contribution < 1.29 is 58.8 Å². The first-order valence-electron chi connectivity index (χ1n) is 25.5. The Hall–Kier alpha value is -9.68. The quantitative estimate of drug-likeness (QED) is 0.0201. The minimum Gasteiger partial charge on any atom is -0.508 e. The summed E-state index contributed by atoms with van der Waals surface area (Å²) in [5.74, 6) is -0.552. The van der Waals surface area contributed by atoms with Gasteiger partial charge in [0.15, 0.2) is 11.5 Å². The van der Waals surface area contributed by atoms with E-state index in [2.05, 4.69) is 15.3 Å². The second-order valence-corrected chi connectivity index (χ2v) is 18.3. The molecule has 2 aliphatic heterocycles. The zero-order chi connectivity index (χ0) is 54.7. The van der Waals surface area contributed by atoms with E-state index in [0.717, 1.165) is 72.1 Å². The van der Waals surface area contributed by atoms with Crippen molar-refractivity contribution in [2.45, 2.75) is 6.42 Å². The molecule has 1 amide bonds. The van der Waals surface area contributed by atoms with Gasteiger partial charge in [0.25, 0.3) is 0 Å². The number of alkyl carbamates (subject to hydrolysis) is 1. The Morgan fingerprint density at radius 1 is 0.418 bits per heavy atom. The number of hydrogen-bond donors (Lipinski definition) is 8. The van der Waals surface area contributed by atoms with Crippen LogP contribution >= 0.6 is 0 Å². The predicted molar refractivity (Wildman–Crippen MR) is 301 cm³/mol. The summed E-state index contributed by atoms with van der Waals surface area (Å²) in [5, 5.41) is 52.6. The maximum atomic E-state index is 13.3. The third-order valence-corrected chi connectivity index (χ3v) is 13.0. The second-order valence-electron chi connectivity index (χ2n) is 18.3. The lowest BCUT2D eigenvalue weighted by atomic mass is 10.0. The van der Waals surface area contributed by atoms with Crippen molar-refractivity contribution in [3.05, 3.63) is 173 Å². The van der Waals surface area contributed by atoms with Gasteiger partial charge in [0.1, 0.15) is 30.5 Å². The molecule has 10 rings (SSSR count). The van der Waals surface area contributed by atoms with Crippen molar-refractivity contribution in [1.29, 1.82) is 0 Å². The SMILES string of the molecule is O=C(NCCc1ccc(O)c(O)c1)OCCOCCOCCOCCOC(=O)c1ccc(-c2c3nc(c(-c4ccc(O)cc4)c4ccc([nH]4)c(-c4ccc(O)cc4)c4nc(c(-c5ccc(O)cc5)c5ccc2[nH]5)C=C4)C=C3)cc1. The van der Waals surface area contributed by atoms with Gasteiger partial charge in [-0.25, -0.2) is 19.6 Å². The van der Waals surface area contributed by atoms with E-state index in [1.165, 1.54) is 12.1 Å². The highest BCUT2D eigenvalue weighted by molar-refractivity contribution is 6.00. The molecule has 0 radical (unpaired) electrons. The fourth-order valence-electron chi connectivity index (χ4n) is 9.17. The molecule has 0 saturated carbocycles. The van der Waals surface area contributed by atoms with Crippen LogP contribution < -0.4 is 5.32 Å². The van der Waals surface area contributed by atoms with Crippen molar-refractivity contribution in [2.24, 2.45) is 0 Å². The molecule has 8 N–H and O–H groups in total. The lowest BCUT2D eigenvalue weighted by molar-refractivity contribution is -0.00415. The predicted octanol–water partition coefficient (Wildman–Crippen LogP) is 11.0. The average molecular weight is 1060 g/mol. The van der Waals surface area contributed by atoms with Crippen molar-refractivity contribution in [3.63, 3.8) is 0 Å². The number of fused-ring (bicyclic) bond motifs is 8. The Kier molecular flexibility index (Phi) is 16.4.